The highest BCUT2D eigenvalue weighted by molar-refractivity contribution is 5.89. The summed E-state index contributed by atoms with van der Waals surface area (Å²) in [5.41, 5.74) is 3.32. The Kier molecular flexibility index (Phi) is 7.29. The number of hydrogen-bond donors (Lipinski definition) is 0. The van der Waals surface area contributed by atoms with E-state index in [1.165, 1.54) is 0 Å². The fourth-order valence-electron chi connectivity index (χ4n) is 3.85. The third kappa shape index (κ3) is 4.67. The van der Waals surface area contributed by atoms with Crippen LogP contribution in [-0.2, 0) is 16.0 Å². The van der Waals surface area contributed by atoms with Crippen LogP contribution in [0, 0.1) is 6.92 Å². The van der Waals surface area contributed by atoms with E-state index in [0.29, 0.717) is 19.8 Å². The van der Waals surface area contributed by atoms with Gasteiger partial charge in [-0.2, -0.15) is 0 Å². The molecule has 1 aliphatic rings. The zero-order valence-electron chi connectivity index (χ0n) is 20.0. The van der Waals surface area contributed by atoms with Gasteiger partial charge in [-0.1, -0.05) is 6.92 Å². The number of rotatable bonds is 9. The third-order valence-corrected chi connectivity index (χ3v) is 6.10. The Labute approximate surface area is 189 Å². The van der Waals surface area contributed by atoms with Gasteiger partial charge in [-0.25, -0.2) is 4.79 Å². The summed E-state index contributed by atoms with van der Waals surface area (Å²) >= 11 is 0. The van der Waals surface area contributed by atoms with Gasteiger partial charge in [0.05, 0.1) is 31.0 Å². The van der Waals surface area contributed by atoms with E-state index < -0.39 is 5.97 Å². The summed E-state index contributed by atoms with van der Waals surface area (Å²) < 4.78 is 18.2. The zero-order chi connectivity index (χ0) is 23.5. The minimum absolute atomic E-state index is 0.0470. The second-order valence-electron chi connectivity index (χ2n) is 8.69. The minimum atomic E-state index is -0.594. The summed E-state index contributed by atoms with van der Waals surface area (Å²) in [6.45, 7) is 12.3. The van der Waals surface area contributed by atoms with Crippen LogP contribution >= 0.6 is 0 Å². The normalized spacial score (nSPS) is 12.9. The van der Waals surface area contributed by atoms with Crippen molar-refractivity contribution in [3.8, 4) is 17.0 Å². The van der Waals surface area contributed by atoms with E-state index in [1.807, 2.05) is 11.6 Å². The van der Waals surface area contributed by atoms with Gasteiger partial charge in [0.25, 0.3) is 0 Å². The second-order valence-corrected chi connectivity index (χ2v) is 8.69. The summed E-state index contributed by atoms with van der Waals surface area (Å²) in [4.78, 5) is 25.2. The van der Waals surface area contributed by atoms with Crippen LogP contribution < -0.4 is 15.2 Å². The smallest absolute Gasteiger partial charge is 0.343 e. The number of hydrogen-bond acceptors (Lipinski definition) is 6. The molecular weight excluding hydrogens is 408 g/mol. The minimum Gasteiger partial charge on any atom is -0.493 e. The SMILES string of the molecule is CCOC(=O)c1cn2c(cc1=O)-c1cc(C)c(OCCCOC)cc1CN2C(C)(C)CC. The molecule has 174 valence electrons. The van der Waals surface area contributed by atoms with Gasteiger partial charge >= 0.3 is 5.97 Å². The van der Waals surface area contributed by atoms with Crippen LogP contribution in [0.3, 0.4) is 0 Å². The van der Waals surface area contributed by atoms with Gasteiger partial charge in [-0.05, 0) is 57.4 Å². The first-order valence-electron chi connectivity index (χ1n) is 11.2. The molecule has 0 saturated carbocycles. The maximum atomic E-state index is 12.8. The summed E-state index contributed by atoms with van der Waals surface area (Å²) in [5.74, 6) is 0.247. The van der Waals surface area contributed by atoms with Crippen molar-refractivity contribution < 1.29 is 19.0 Å². The lowest BCUT2D eigenvalue weighted by Crippen LogP contribution is -2.52. The Bertz CT molecular complexity index is 1040. The van der Waals surface area contributed by atoms with Gasteiger partial charge in [0.15, 0.2) is 5.43 Å². The molecule has 0 aliphatic carbocycles. The number of methoxy groups -OCH3 is 1. The summed E-state index contributed by atoms with van der Waals surface area (Å²) in [7, 11) is 1.68. The highest BCUT2D eigenvalue weighted by Gasteiger charge is 2.33. The summed E-state index contributed by atoms with van der Waals surface area (Å²) in [6, 6.07) is 5.68. The first kappa shape index (κ1) is 23.9. The number of benzene rings is 1. The number of aromatic nitrogens is 1. The lowest BCUT2D eigenvalue weighted by molar-refractivity contribution is 0.0523. The Balaban J connectivity index is 2.12. The van der Waals surface area contributed by atoms with Gasteiger partial charge in [-0.3, -0.25) is 9.47 Å². The van der Waals surface area contributed by atoms with Crippen molar-refractivity contribution in [3.63, 3.8) is 0 Å². The fraction of sp³-hybridized carbons (Fsp3) is 0.520. The number of pyridine rings is 1. The quantitative estimate of drug-likeness (QED) is 0.431. The predicted molar refractivity (Wildman–Crippen MR) is 125 cm³/mol. The van der Waals surface area contributed by atoms with Crippen molar-refractivity contribution in [2.45, 2.75) is 59.5 Å². The molecule has 3 rings (SSSR count). The van der Waals surface area contributed by atoms with Gasteiger partial charge in [-0.15, -0.1) is 0 Å². The first-order valence-corrected chi connectivity index (χ1v) is 11.2. The highest BCUT2D eigenvalue weighted by atomic mass is 16.5. The van der Waals surface area contributed by atoms with Crippen LogP contribution in [0.1, 0.15) is 62.0 Å². The van der Waals surface area contributed by atoms with Crippen molar-refractivity contribution in [2.75, 3.05) is 31.9 Å². The van der Waals surface area contributed by atoms with E-state index in [9.17, 15) is 9.59 Å². The highest BCUT2D eigenvalue weighted by Crippen LogP contribution is 2.37. The van der Waals surface area contributed by atoms with E-state index in [0.717, 1.165) is 41.0 Å². The van der Waals surface area contributed by atoms with E-state index >= 15 is 0 Å². The first-order chi connectivity index (χ1) is 15.2. The molecule has 0 saturated heterocycles. The number of aryl methyl sites for hydroxylation is 1. The van der Waals surface area contributed by atoms with Crippen LogP contribution in [0.4, 0.5) is 0 Å². The van der Waals surface area contributed by atoms with Crippen LogP contribution in [-0.4, -0.2) is 43.1 Å². The lowest BCUT2D eigenvalue weighted by atomic mass is 9.94. The molecule has 0 bridgehead atoms. The average Bonchev–Trinajstić information content (AvgIpc) is 2.76. The maximum Gasteiger partial charge on any atom is 0.343 e. The number of fused-ring (bicyclic) bond motifs is 3. The van der Waals surface area contributed by atoms with Crippen LogP contribution in [0.25, 0.3) is 11.3 Å². The molecule has 0 N–H and O–H groups in total. The summed E-state index contributed by atoms with van der Waals surface area (Å²) in [5, 5.41) is 2.19. The van der Waals surface area contributed by atoms with Crippen molar-refractivity contribution in [1.82, 2.24) is 4.68 Å². The number of carbonyl (C=O) groups excluding carboxylic acids is 1. The molecule has 7 nitrogen and oxygen atoms in total. The molecule has 2 heterocycles. The number of ether oxygens (including phenoxy) is 3. The fourth-order valence-corrected chi connectivity index (χ4v) is 3.85. The van der Waals surface area contributed by atoms with Gasteiger partial charge < -0.3 is 19.2 Å². The Hall–Kier alpha value is -2.80. The number of carbonyl (C=O) groups is 1. The van der Waals surface area contributed by atoms with Crippen molar-refractivity contribution >= 4 is 5.97 Å². The predicted octanol–water partition coefficient (Wildman–Crippen LogP) is 4.06. The molecule has 1 aromatic carbocycles. The van der Waals surface area contributed by atoms with E-state index in [1.54, 1.807) is 26.3 Å². The molecule has 1 aromatic heterocycles. The van der Waals surface area contributed by atoms with Crippen molar-refractivity contribution in [2.24, 2.45) is 0 Å². The average molecular weight is 443 g/mol. The zero-order valence-corrected chi connectivity index (χ0v) is 20.0. The van der Waals surface area contributed by atoms with Crippen LogP contribution in [0.2, 0.25) is 0 Å². The molecule has 7 heteroatoms. The lowest BCUT2D eigenvalue weighted by Gasteiger charge is -2.45. The van der Waals surface area contributed by atoms with Gasteiger partial charge in [0.1, 0.15) is 11.3 Å². The van der Waals surface area contributed by atoms with Gasteiger partial charge in [0.2, 0.25) is 0 Å². The molecule has 0 fully saturated rings. The molecule has 0 amide bonds. The maximum absolute atomic E-state index is 12.8. The molecule has 0 atom stereocenters. The van der Waals surface area contributed by atoms with E-state index in [4.69, 9.17) is 14.2 Å². The third-order valence-electron chi connectivity index (χ3n) is 6.10. The second kappa shape index (κ2) is 9.77. The molecule has 32 heavy (non-hydrogen) atoms. The van der Waals surface area contributed by atoms with E-state index in [-0.39, 0.29) is 23.1 Å². The van der Waals surface area contributed by atoms with E-state index in [2.05, 4.69) is 37.9 Å². The molecule has 0 unspecified atom stereocenters. The Morgan fingerprint density at radius 3 is 2.56 bits per heavy atom. The molecule has 1 aliphatic heterocycles. The topological polar surface area (TPSA) is 70.0 Å². The van der Waals surface area contributed by atoms with Crippen LogP contribution in [0.15, 0.2) is 29.2 Å². The largest absolute Gasteiger partial charge is 0.493 e. The van der Waals surface area contributed by atoms with Crippen molar-refractivity contribution in [1.29, 1.82) is 0 Å². The summed E-state index contributed by atoms with van der Waals surface area (Å²) in [6.07, 6.45) is 3.33. The Morgan fingerprint density at radius 2 is 1.91 bits per heavy atom. The molecule has 0 spiro atoms. The molecule has 0 radical (unpaired) electrons. The number of nitrogens with zero attached hydrogens (tertiary/aromatic N) is 2. The van der Waals surface area contributed by atoms with Crippen molar-refractivity contribution in [3.05, 3.63) is 51.3 Å². The monoisotopic (exact) mass is 442 g/mol. The molecular formula is C25H34N2O5. The van der Waals surface area contributed by atoms with Gasteiger partial charge in [0, 0.05) is 38.0 Å². The molecule has 2 aromatic rings. The van der Waals surface area contributed by atoms with Crippen LogP contribution in [0.5, 0.6) is 5.75 Å². The standard InChI is InChI=1S/C25H34N2O5/c1-7-25(4,5)27-15-18-13-23(32-11-9-10-30-6)17(3)12-19(18)21-14-22(28)20(16-26(21)27)24(29)31-8-2/h12-14,16H,7-11,15H2,1-6H3. The Morgan fingerprint density at radius 1 is 1.16 bits per heavy atom. The number of esters is 1.